The van der Waals surface area contributed by atoms with Crippen LogP contribution >= 0.6 is 47.0 Å². The number of carbonyl (C=O) groups excluding carboxylic acids is 1. The van der Waals surface area contributed by atoms with Crippen molar-refractivity contribution in [3.63, 3.8) is 0 Å². The Morgan fingerprint density at radius 3 is 2.50 bits per heavy atom. The molecule has 0 radical (unpaired) electrons. The molecule has 1 atom stereocenters. The second-order valence-corrected chi connectivity index (χ2v) is 7.20. The maximum absolute atomic E-state index is 12.2. The Labute approximate surface area is 173 Å². The summed E-state index contributed by atoms with van der Waals surface area (Å²) in [5.74, 6) is 0.518. The van der Waals surface area contributed by atoms with Gasteiger partial charge in [-0.3, -0.25) is 0 Å². The van der Waals surface area contributed by atoms with Gasteiger partial charge in [-0.25, -0.2) is 4.79 Å². The van der Waals surface area contributed by atoms with Crippen LogP contribution in [0, 0.1) is 0 Å². The summed E-state index contributed by atoms with van der Waals surface area (Å²) in [4.78, 5) is 14.3. The van der Waals surface area contributed by atoms with E-state index in [1.165, 1.54) is 7.11 Å². The molecule has 0 unspecified atom stereocenters. The van der Waals surface area contributed by atoms with Gasteiger partial charge in [-0.15, -0.1) is 23.2 Å². The molecule has 0 spiro atoms. The van der Waals surface area contributed by atoms with Crippen molar-refractivity contribution in [3.05, 3.63) is 40.1 Å². The van der Waals surface area contributed by atoms with Gasteiger partial charge in [0.05, 0.1) is 18.7 Å². The van der Waals surface area contributed by atoms with Gasteiger partial charge in [-0.1, -0.05) is 17.7 Å². The third-order valence-electron chi connectivity index (χ3n) is 4.04. The maximum atomic E-state index is 12.2. The average molecular weight is 437 g/mol. The largest absolute Gasteiger partial charge is 0.466 e. The number of rotatable bonds is 7. The molecule has 142 valence electrons. The van der Waals surface area contributed by atoms with E-state index in [9.17, 15) is 4.79 Å². The van der Waals surface area contributed by atoms with Crippen LogP contribution in [0.1, 0.15) is 18.5 Å². The fraction of sp³-hybridized carbons (Fsp3) is 0.412. The third-order valence-corrected chi connectivity index (χ3v) is 4.93. The van der Waals surface area contributed by atoms with Crippen LogP contribution < -0.4 is 15.5 Å². The van der Waals surface area contributed by atoms with E-state index < -0.39 is 12.0 Å². The van der Waals surface area contributed by atoms with Gasteiger partial charge in [0.25, 0.3) is 0 Å². The molecule has 1 aliphatic heterocycles. The number of hydrogen-bond donors (Lipinski definition) is 2. The summed E-state index contributed by atoms with van der Waals surface area (Å²) in [5.41, 5.74) is 2.72. The van der Waals surface area contributed by atoms with Crippen molar-refractivity contribution in [2.24, 2.45) is 0 Å². The van der Waals surface area contributed by atoms with E-state index in [1.807, 2.05) is 18.2 Å². The number of anilines is 1. The first-order valence-electron chi connectivity index (χ1n) is 7.95. The lowest BCUT2D eigenvalue weighted by Gasteiger charge is -2.31. The van der Waals surface area contributed by atoms with Crippen molar-refractivity contribution in [2.75, 3.05) is 36.9 Å². The number of hydrogen-bond acceptors (Lipinski definition) is 4. The molecule has 2 rings (SSSR count). The molecule has 1 heterocycles. The predicted molar refractivity (Wildman–Crippen MR) is 111 cm³/mol. The summed E-state index contributed by atoms with van der Waals surface area (Å²) in [6.45, 7) is 3.09. The summed E-state index contributed by atoms with van der Waals surface area (Å²) in [6, 6.07) is 5.14. The zero-order valence-electron chi connectivity index (χ0n) is 14.4. The Hall–Kier alpha value is -1.21. The molecule has 5 nitrogen and oxygen atoms in total. The van der Waals surface area contributed by atoms with Gasteiger partial charge in [0.2, 0.25) is 0 Å². The van der Waals surface area contributed by atoms with Crippen LogP contribution in [0.5, 0.6) is 0 Å². The van der Waals surface area contributed by atoms with Crippen LogP contribution in [-0.4, -0.2) is 43.0 Å². The lowest BCUT2D eigenvalue weighted by Crippen LogP contribution is -2.45. The Morgan fingerprint density at radius 1 is 1.31 bits per heavy atom. The first-order valence-corrected chi connectivity index (χ1v) is 9.81. The highest BCUT2D eigenvalue weighted by molar-refractivity contribution is 7.80. The smallest absolute Gasteiger partial charge is 0.337 e. The highest BCUT2D eigenvalue weighted by Crippen LogP contribution is 2.34. The summed E-state index contributed by atoms with van der Waals surface area (Å²) < 4.78 is 4.91. The Kier molecular flexibility index (Phi) is 7.83. The normalized spacial score (nSPS) is 16.8. The van der Waals surface area contributed by atoms with E-state index in [1.54, 1.807) is 6.92 Å². The average Bonchev–Trinajstić information content (AvgIpc) is 2.60. The van der Waals surface area contributed by atoms with Crippen LogP contribution in [0.2, 0.25) is 5.02 Å². The Morgan fingerprint density at radius 2 is 1.96 bits per heavy atom. The zero-order valence-corrected chi connectivity index (χ0v) is 17.5. The number of nitrogens with one attached hydrogen (secondary N) is 2. The number of methoxy groups -OCH3 is 1. The Bertz CT molecular complexity index is 721. The summed E-state index contributed by atoms with van der Waals surface area (Å²) in [6.07, 6.45) is 0. The van der Waals surface area contributed by atoms with Crippen molar-refractivity contribution >= 4 is 63.8 Å². The molecule has 9 heteroatoms. The van der Waals surface area contributed by atoms with E-state index in [4.69, 9.17) is 51.8 Å². The van der Waals surface area contributed by atoms with Gasteiger partial charge in [-0.2, -0.15) is 0 Å². The highest BCUT2D eigenvalue weighted by atomic mass is 35.5. The van der Waals surface area contributed by atoms with Crippen molar-refractivity contribution in [2.45, 2.75) is 13.0 Å². The predicted octanol–water partition coefficient (Wildman–Crippen LogP) is 3.59. The zero-order chi connectivity index (χ0) is 19.3. The van der Waals surface area contributed by atoms with E-state index >= 15 is 0 Å². The van der Waals surface area contributed by atoms with Crippen LogP contribution in [0.4, 0.5) is 5.69 Å². The number of alkyl halides is 2. The first kappa shape index (κ1) is 21.1. The number of esters is 1. The SMILES string of the molecule is COC(=O)C1=C(C)NC(=S)N[C@@H]1c1ccc(N(CCCl)CCCl)cc1Cl. The van der Waals surface area contributed by atoms with Crippen LogP contribution in [0.25, 0.3) is 0 Å². The van der Waals surface area contributed by atoms with Crippen LogP contribution in [-0.2, 0) is 9.53 Å². The summed E-state index contributed by atoms with van der Waals surface area (Å²) >= 11 is 23.5. The van der Waals surface area contributed by atoms with Gasteiger partial charge in [-0.05, 0) is 36.8 Å². The van der Waals surface area contributed by atoms with E-state index in [2.05, 4.69) is 15.5 Å². The van der Waals surface area contributed by atoms with Crippen LogP contribution in [0.15, 0.2) is 29.5 Å². The van der Waals surface area contributed by atoms with Crippen LogP contribution in [0.3, 0.4) is 0 Å². The molecular weight excluding hydrogens is 417 g/mol. The standard InChI is InChI=1S/C17H20Cl3N3O2S/c1-10-14(16(24)25-2)15(22-17(26)21-10)12-4-3-11(9-13(12)20)23(7-5-18)8-6-19/h3-4,9,15H,5-8H2,1-2H3,(H2,21,22,26)/t15-/m1/s1. The number of benzene rings is 1. The second-order valence-electron chi connectivity index (χ2n) is 5.63. The second kappa shape index (κ2) is 9.65. The minimum Gasteiger partial charge on any atom is -0.466 e. The van der Waals surface area contributed by atoms with E-state index in [0.717, 1.165) is 11.3 Å². The fourth-order valence-corrected chi connectivity index (χ4v) is 3.79. The van der Waals surface area contributed by atoms with Crippen molar-refractivity contribution in [3.8, 4) is 0 Å². The minimum atomic E-state index is -0.493. The number of carbonyl (C=O) groups is 1. The molecule has 1 aliphatic rings. The van der Waals surface area contributed by atoms with Crippen molar-refractivity contribution in [1.29, 1.82) is 0 Å². The molecule has 1 aromatic carbocycles. The third kappa shape index (κ3) is 4.74. The molecule has 0 amide bonds. The fourth-order valence-electron chi connectivity index (χ4n) is 2.83. The van der Waals surface area contributed by atoms with Gasteiger partial charge < -0.3 is 20.3 Å². The number of ether oxygens (including phenoxy) is 1. The number of halogens is 3. The summed E-state index contributed by atoms with van der Waals surface area (Å²) in [7, 11) is 1.34. The lowest BCUT2D eigenvalue weighted by molar-refractivity contribution is -0.136. The first-order chi connectivity index (χ1) is 12.4. The molecule has 0 saturated heterocycles. The van der Waals surface area contributed by atoms with Gasteiger partial charge in [0.15, 0.2) is 5.11 Å². The molecule has 0 bridgehead atoms. The Balaban J connectivity index is 2.42. The number of thiocarbonyl (C=S) groups is 1. The summed E-state index contributed by atoms with van der Waals surface area (Å²) in [5, 5.41) is 6.96. The quantitative estimate of drug-likeness (QED) is 0.387. The van der Waals surface area contributed by atoms with Gasteiger partial charge in [0, 0.05) is 41.3 Å². The van der Waals surface area contributed by atoms with Gasteiger partial charge in [0.1, 0.15) is 0 Å². The minimum absolute atomic E-state index is 0.422. The van der Waals surface area contributed by atoms with E-state index in [0.29, 0.717) is 46.3 Å². The molecule has 26 heavy (non-hydrogen) atoms. The lowest BCUT2D eigenvalue weighted by atomic mass is 9.95. The molecule has 0 aromatic heterocycles. The molecule has 1 aromatic rings. The van der Waals surface area contributed by atoms with E-state index in [-0.39, 0.29) is 0 Å². The number of nitrogens with zero attached hydrogens (tertiary/aromatic N) is 1. The highest BCUT2D eigenvalue weighted by Gasteiger charge is 2.32. The molecule has 2 N–H and O–H groups in total. The monoisotopic (exact) mass is 435 g/mol. The number of allylic oxidation sites excluding steroid dienone is 1. The van der Waals surface area contributed by atoms with Crippen molar-refractivity contribution < 1.29 is 9.53 Å². The molecule has 0 aliphatic carbocycles. The van der Waals surface area contributed by atoms with Gasteiger partial charge >= 0.3 is 5.97 Å². The topological polar surface area (TPSA) is 53.6 Å². The maximum Gasteiger partial charge on any atom is 0.337 e. The molecular formula is C17H20Cl3N3O2S. The molecule has 0 saturated carbocycles. The molecule has 0 fully saturated rings. The van der Waals surface area contributed by atoms with Crippen molar-refractivity contribution in [1.82, 2.24) is 10.6 Å².